The van der Waals surface area contributed by atoms with Crippen LogP contribution in [0, 0.1) is 6.92 Å². The van der Waals surface area contributed by atoms with Crippen molar-refractivity contribution in [2.24, 2.45) is 0 Å². The van der Waals surface area contributed by atoms with E-state index in [0.717, 1.165) is 30.7 Å². The molecule has 1 aliphatic heterocycles. The van der Waals surface area contributed by atoms with Gasteiger partial charge in [0, 0.05) is 13.0 Å². The number of β-amino-alcohol motifs (C(OH)–C–C–N with tert-alkyl or cyclic N) is 1. The summed E-state index contributed by atoms with van der Waals surface area (Å²) in [5, 5.41) is 13.4. The molecule has 3 heteroatoms. The Hall–Kier alpha value is -0.800. The number of aliphatic hydroxyl groups is 1. The van der Waals surface area contributed by atoms with Crippen LogP contribution in [0.3, 0.4) is 0 Å². The second-order valence-electron chi connectivity index (χ2n) is 4.27. The molecular formula is C11H17NO2. The number of piperidine rings is 1. The number of aryl methyl sites for hydroxylation is 1. The monoisotopic (exact) mass is 195 g/mol. The van der Waals surface area contributed by atoms with Gasteiger partial charge in [0.2, 0.25) is 0 Å². The van der Waals surface area contributed by atoms with Gasteiger partial charge in [-0.05, 0) is 37.9 Å². The Labute approximate surface area is 84.1 Å². The zero-order valence-electron chi connectivity index (χ0n) is 8.55. The van der Waals surface area contributed by atoms with Gasteiger partial charge in [0.1, 0.15) is 5.76 Å². The van der Waals surface area contributed by atoms with Gasteiger partial charge in [-0.25, -0.2) is 0 Å². The van der Waals surface area contributed by atoms with Crippen LogP contribution in [-0.4, -0.2) is 23.8 Å². The van der Waals surface area contributed by atoms with Crippen molar-refractivity contribution in [1.29, 1.82) is 0 Å². The highest BCUT2D eigenvalue weighted by molar-refractivity contribution is 5.13. The number of rotatable bonds is 2. The fourth-order valence-corrected chi connectivity index (χ4v) is 2.01. The first-order valence-electron chi connectivity index (χ1n) is 5.15. The molecule has 2 rings (SSSR count). The predicted octanol–water partition coefficient (Wildman–Crippen LogP) is 1.25. The van der Waals surface area contributed by atoms with E-state index in [4.69, 9.17) is 4.42 Å². The summed E-state index contributed by atoms with van der Waals surface area (Å²) in [6.07, 6.45) is 4.25. The van der Waals surface area contributed by atoms with Gasteiger partial charge in [-0.2, -0.15) is 0 Å². The molecule has 0 radical (unpaired) electrons. The molecule has 1 aromatic rings. The maximum atomic E-state index is 10.2. The smallest absolute Gasteiger partial charge is 0.106 e. The highest BCUT2D eigenvalue weighted by Crippen LogP contribution is 2.22. The molecule has 2 heterocycles. The molecule has 1 unspecified atom stereocenters. The van der Waals surface area contributed by atoms with E-state index in [2.05, 4.69) is 5.32 Å². The van der Waals surface area contributed by atoms with Crippen LogP contribution in [0.25, 0.3) is 0 Å². The highest BCUT2D eigenvalue weighted by Gasteiger charge is 2.30. The number of hydrogen-bond donors (Lipinski definition) is 2. The summed E-state index contributed by atoms with van der Waals surface area (Å²) in [5.74, 6) is 0.883. The maximum absolute atomic E-state index is 10.2. The molecule has 0 saturated carbocycles. The third-order valence-electron chi connectivity index (χ3n) is 2.74. The lowest BCUT2D eigenvalue weighted by molar-refractivity contribution is 0.0126. The summed E-state index contributed by atoms with van der Waals surface area (Å²) in [6.45, 7) is 3.68. The van der Waals surface area contributed by atoms with Crippen LogP contribution in [0.15, 0.2) is 16.7 Å². The van der Waals surface area contributed by atoms with Crippen LogP contribution in [-0.2, 0) is 6.42 Å². The summed E-state index contributed by atoms with van der Waals surface area (Å²) >= 11 is 0. The quantitative estimate of drug-likeness (QED) is 0.746. The molecule has 0 aliphatic carbocycles. The Morgan fingerprint density at radius 3 is 3.07 bits per heavy atom. The van der Waals surface area contributed by atoms with Crippen molar-refractivity contribution in [3.63, 3.8) is 0 Å². The molecule has 1 aliphatic rings. The van der Waals surface area contributed by atoms with Crippen molar-refractivity contribution in [3.8, 4) is 0 Å². The van der Waals surface area contributed by atoms with Crippen LogP contribution in [0.2, 0.25) is 0 Å². The molecule has 3 nitrogen and oxygen atoms in total. The van der Waals surface area contributed by atoms with Gasteiger partial charge in [-0.15, -0.1) is 0 Å². The van der Waals surface area contributed by atoms with Gasteiger partial charge >= 0.3 is 0 Å². The average molecular weight is 195 g/mol. The van der Waals surface area contributed by atoms with Crippen molar-refractivity contribution in [2.45, 2.75) is 31.8 Å². The molecule has 0 aromatic carbocycles. The first kappa shape index (κ1) is 9.74. The minimum absolute atomic E-state index is 0.609. The van der Waals surface area contributed by atoms with E-state index in [1.807, 2.05) is 13.0 Å². The summed E-state index contributed by atoms with van der Waals surface area (Å²) in [4.78, 5) is 0. The minimum Gasteiger partial charge on any atom is -0.469 e. The van der Waals surface area contributed by atoms with Crippen LogP contribution < -0.4 is 5.32 Å². The molecule has 2 N–H and O–H groups in total. The van der Waals surface area contributed by atoms with E-state index in [0.29, 0.717) is 13.0 Å². The third-order valence-corrected chi connectivity index (χ3v) is 2.74. The molecule has 0 bridgehead atoms. The first-order valence-corrected chi connectivity index (χ1v) is 5.15. The summed E-state index contributed by atoms with van der Waals surface area (Å²) < 4.78 is 5.34. The Kier molecular flexibility index (Phi) is 2.61. The van der Waals surface area contributed by atoms with Crippen molar-refractivity contribution >= 4 is 0 Å². The van der Waals surface area contributed by atoms with E-state index >= 15 is 0 Å². The molecule has 14 heavy (non-hydrogen) atoms. The van der Waals surface area contributed by atoms with Crippen LogP contribution in [0.4, 0.5) is 0 Å². The molecule has 1 saturated heterocycles. The fourth-order valence-electron chi connectivity index (χ4n) is 2.01. The van der Waals surface area contributed by atoms with Crippen molar-refractivity contribution in [2.75, 3.05) is 13.1 Å². The Balaban J connectivity index is 2.01. The third kappa shape index (κ3) is 2.16. The molecule has 1 fully saturated rings. The lowest BCUT2D eigenvalue weighted by Gasteiger charge is -2.31. The van der Waals surface area contributed by atoms with Crippen LogP contribution in [0.1, 0.15) is 24.2 Å². The number of hydrogen-bond acceptors (Lipinski definition) is 3. The molecule has 0 amide bonds. The zero-order chi connectivity index (χ0) is 10.0. The molecule has 1 atom stereocenters. The second kappa shape index (κ2) is 3.75. The van der Waals surface area contributed by atoms with E-state index in [1.165, 1.54) is 0 Å². The summed E-state index contributed by atoms with van der Waals surface area (Å²) in [6, 6.07) is 1.99. The topological polar surface area (TPSA) is 45.4 Å². The molecule has 0 spiro atoms. The summed E-state index contributed by atoms with van der Waals surface area (Å²) in [7, 11) is 0. The molecular weight excluding hydrogens is 178 g/mol. The SMILES string of the molecule is Cc1coc(CC2(O)CCCNC2)c1. The zero-order valence-corrected chi connectivity index (χ0v) is 8.55. The fraction of sp³-hybridized carbons (Fsp3) is 0.636. The first-order chi connectivity index (χ1) is 6.68. The van der Waals surface area contributed by atoms with Crippen molar-refractivity contribution < 1.29 is 9.52 Å². The van der Waals surface area contributed by atoms with Crippen LogP contribution in [0.5, 0.6) is 0 Å². The Bertz CT molecular complexity index is 300. The standard InChI is InChI=1S/C11H17NO2/c1-9-5-10(14-7-9)6-11(13)3-2-4-12-8-11/h5,7,12-13H,2-4,6,8H2,1H3. The molecule has 1 aromatic heterocycles. The van der Waals surface area contributed by atoms with E-state index in [9.17, 15) is 5.11 Å². The lowest BCUT2D eigenvalue weighted by Crippen LogP contribution is -2.47. The molecule has 78 valence electrons. The minimum atomic E-state index is -0.609. The van der Waals surface area contributed by atoms with Crippen molar-refractivity contribution in [3.05, 3.63) is 23.7 Å². The van der Waals surface area contributed by atoms with Crippen molar-refractivity contribution in [1.82, 2.24) is 5.32 Å². The number of nitrogens with one attached hydrogen (secondary N) is 1. The largest absolute Gasteiger partial charge is 0.469 e. The lowest BCUT2D eigenvalue weighted by atomic mass is 9.90. The average Bonchev–Trinajstić information content (AvgIpc) is 2.51. The normalized spacial score (nSPS) is 27.9. The van der Waals surface area contributed by atoms with Gasteiger partial charge in [0.15, 0.2) is 0 Å². The second-order valence-corrected chi connectivity index (χ2v) is 4.27. The van der Waals surface area contributed by atoms with E-state index in [1.54, 1.807) is 6.26 Å². The summed E-state index contributed by atoms with van der Waals surface area (Å²) in [5.41, 5.74) is 0.509. The highest BCUT2D eigenvalue weighted by atomic mass is 16.3. The van der Waals surface area contributed by atoms with Gasteiger partial charge in [-0.1, -0.05) is 0 Å². The van der Waals surface area contributed by atoms with Crippen LogP contribution >= 0.6 is 0 Å². The van der Waals surface area contributed by atoms with Gasteiger partial charge in [0.05, 0.1) is 11.9 Å². The van der Waals surface area contributed by atoms with E-state index in [-0.39, 0.29) is 0 Å². The van der Waals surface area contributed by atoms with Gasteiger partial charge in [0.25, 0.3) is 0 Å². The Morgan fingerprint density at radius 1 is 1.64 bits per heavy atom. The Morgan fingerprint density at radius 2 is 2.50 bits per heavy atom. The van der Waals surface area contributed by atoms with E-state index < -0.39 is 5.60 Å². The maximum Gasteiger partial charge on any atom is 0.106 e. The number of furan rings is 1. The predicted molar refractivity (Wildman–Crippen MR) is 54.2 cm³/mol. The van der Waals surface area contributed by atoms with Gasteiger partial charge in [-0.3, -0.25) is 0 Å². The van der Waals surface area contributed by atoms with Gasteiger partial charge < -0.3 is 14.8 Å².